The number of hydrogen-bond acceptors (Lipinski definition) is 4. The largest absolute Gasteiger partial charge is 0.465 e. The van der Waals surface area contributed by atoms with Gasteiger partial charge in [-0.05, 0) is 27.2 Å². The third-order valence-corrected chi connectivity index (χ3v) is 2.21. The molecule has 0 rings (SSSR count). The highest BCUT2D eigenvalue weighted by Gasteiger charge is 2.21. The molecule has 0 saturated carbocycles. The summed E-state index contributed by atoms with van der Waals surface area (Å²) in [5, 5.41) is 2.98. The van der Waals surface area contributed by atoms with E-state index in [0.717, 1.165) is 6.42 Å². The molecule has 0 heterocycles. The van der Waals surface area contributed by atoms with E-state index in [-0.39, 0.29) is 23.8 Å². The molecule has 0 aliphatic rings. The van der Waals surface area contributed by atoms with Gasteiger partial charge >= 0.3 is 5.97 Å². The summed E-state index contributed by atoms with van der Waals surface area (Å²) in [4.78, 5) is 22.5. The van der Waals surface area contributed by atoms with Crippen LogP contribution in [0.4, 0.5) is 0 Å². The Labute approximate surface area is 91.4 Å². The Morgan fingerprint density at radius 1 is 1.33 bits per heavy atom. The van der Waals surface area contributed by atoms with E-state index < -0.39 is 0 Å². The van der Waals surface area contributed by atoms with Gasteiger partial charge in [0.05, 0.1) is 12.6 Å². The van der Waals surface area contributed by atoms with Gasteiger partial charge in [0.25, 0.3) is 0 Å². The minimum absolute atomic E-state index is 0.0281. The lowest BCUT2D eigenvalue weighted by molar-refractivity contribution is -0.146. The molecule has 0 radical (unpaired) electrons. The van der Waals surface area contributed by atoms with E-state index in [1.54, 1.807) is 13.8 Å². The number of carbonyl (C=O) groups excluding carboxylic acids is 2. The summed E-state index contributed by atoms with van der Waals surface area (Å²) in [5.41, 5.74) is 0. The molecule has 4 heteroatoms. The first kappa shape index (κ1) is 14.1. The molecule has 0 aromatic carbocycles. The highest BCUT2D eigenvalue weighted by molar-refractivity contribution is 5.82. The molecule has 0 aromatic heterocycles. The molecular formula is C11H21NO3. The topological polar surface area (TPSA) is 55.4 Å². The molecule has 0 aliphatic carbocycles. The molecule has 0 aromatic rings. The molecule has 0 unspecified atom stereocenters. The molecular weight excluding hydrogens is 194 g/mol. The van der Waals surface area contributed by atoms with Crippen molar-refractivity contribution in [3.05, 3.63) is 0 Å². The summed E-state index contributed by atoms with van der Waals surface area (Å²) in [6.07, 6.45) is 1.57. The van der Waals surface area contributed by atoms with Gasteiger partial charge in [-0.2, -0.15) is 0 Å². The van der Waals surface area contributed by atoms with Gasteiger partial charge in [-0.3, -0.25) is 14.9 Å². The Hall–Kier alpha value is -0.900. The minimum Gasteiger partial charge on any atom is -0.465 e. The van der Waals surface area contributed by atoms with E-state index in [1.807, 2.05) is 6.92 Å². The van der Waals surface area contributed by atoms with E-state index >= 15 is 0 Å². The van der Waals surface area contributed by atoms with Crippen molar-refractivity contribution < 1.29 is 14.3 Å². The fourth-order valence-corrected chi connectivity index (χ4v) is 1.22. The van der Waals surface area contributed by atoms with Crippen molar-refractivity contribution in [1.29, 1.82) is 0 Å². The van der Waals surface area contributed by atoms with Crippen LogP contribution in [0.5, 0.6) is 0 Å². The van der Waals surface area contributed by atoms with Gasteiger partial charge in [-0.1, -0.05) is 13.3 Å². The second-order valence-corrected chi connectivity index (χ2v) is 3.59. The summed E-state index contributed by atoms with van der Waals surface area (Å²) < 4.78 is 4.92. The van der Waals surface area contributed by atoms with E-state index in [2.05, 4.69) is 5.32 Å². The fraction of sp³-hybridized carbons (Fsp3) is 0.818. The van der Waals surface area contributed by atoms with Crippen molar-refractivity contribution in [3.63, 3.8) is 0 Å². The summed E-state index contributed by atoms with van der Waals surface area (Å²) >= 11 is 0. The van der Waals surface area contributed by atoms with Gasteiger partial charge in [0, 0.05) is 0 Å². The number of rotatable bonds is 7. The van der Waals surface area contributed by atoms with Crippen molar-refractivity contribution in [3.8, 4) is 0 Å². The predicted molar refractivity (Wildman–Crippen MR) is 58.6 cm³/mol. The number of carbonyl (C=O) groups is 2. The van der Waals surface area contributed by atoms with Crippen LogP contribution in [-0.4, -0.2) is 30.4 Å². The molecule has 4 nitrogen and oxygen atoms in total. The van der Waals surface area contributed by atoms with Crippen molar-refractivity contribution in [2.24, 2.45) is 0 Å². The van der Waals surface area contributed by atoms with Crippen LogP contribution in [0.15, 0.2) is 0 Å². The Balaban J connectivity index is 4.25. The zero-order valence-corrected chi connectivity index (χ0v) is 10.0. The number of ketones is 1. The summed E-state index contributed by atoms with van der Waals surface area (Å²) in [5.74, 6) is -0.243. The van der Waals surface area contributed by atoms with E-state index in [0.29, 0.717) is 13.0 Å². The summed E-state index contributed by atoms with van der Waals surface area (Å²) in [7, 11) is 0. The van der Waals surface area contributed by atoms with Crippen LogP contribution in [0.1, 0.15) is 40.5 Å². The second kappa shape index (κ2) is 7.40. The van der Waals surface area contributed by atoms with Crippen LogP contribution in [0, 0.1) is 0 Å². The Morgan fingerprint density at radius 3 is 2.33 bits per heavy atom. The predicted octanol–water partition coefficient (Wildman–Crippen LogP) is 1.29. The summed E-state index contributed by atoms with van der Waals surface area (Å²) in [6, 6.07) is -0.667. The quantitative estimate of drug-likeness (QED) is 0.650. The van der Waals surface area contributed by atoms with Crippen molar-refractivity contribution >= 4 is 11.8 Å². The Morgan fingerprint density at radius 2 is 1.93 bits per heavy atom. The molecule has 0 fully saturated rings. The normalized spacial score (nSPS) is 14.4. The van der Waals surface area contributed by atoms with E-state index in [9.17, 15) is 9.59 Å². The molecule has 0 saturated heterocycles. The highest BCUT2D eigenvalue weighted by atomic mass is 16.5. The standard InChI is InChI=1S/C11H21NO3/c1-5-7-10(11(14)15-6-2)12-8(3)9(4)13/h8,10,12H,5-7H2,1-4H3/t8-,10-/m0/s1. The number of esters is 1. The van der Waals surface area contributed by atoms with Crippen molar-refractivity contribution in [2.45, 2.75) is 52.6 Å². The van der Waals surface area contributed by atoms with Crippen LogP contribution >= 0.6 is 0 Å². The lowest BCUT2D eigenvalue weighted by Gasteiger charge is -2.19. The molecule has 2 atom stereocenters. The van der Waals surface area contributed by atoms with Crippen LogP contribution in [-0.2, 0) is 14.3 Å². The highest BCUT2D eigenvalue weighted by Crippen LogP contribution is 2.01. The number of Topliss-reactive ketones (excluding diaryl/α,β-unsaturated/α-hetero) is 1. The maximum absolute atomic E-state index is 11.5. The average molecular weight is 215 g/mol. The van der Waals surface area contributed by atoms with Gasteiger partial charge < -0.3 is 4.74 Å². The van der Waals surface area contributed by atoms with Gasteiger partial charge in [0.2, 0.25) is 0 Å². The maximum Gasteiger partial charge on any atom is 0.323 e. The lowest BCUT2D eigenvalue weighted by atomic mass is 10.1. The zero-order valence-electron chi connectivity index (χ0n) is 10.0. The van der Waals surface area contributed by atoms with E-state index in [1.165, 1.54) is 6.92 Å². The first-order valence-electron chi connectivity index (χ1n) is 5.46. The second-order valence-electron chi connectivity index (χ2n) is 3.59. The molecule has 0 amide bonds. The maximum atomic E-state index is 11.5. The zero-order chi connectivity index (χ0) is 11.8. The first-order chi connectivity index (χ1) is 7.02. The molecule has 0 spiro atoms. The SMILES string of the molecule is CCC[C@H](N[C@@H](C)C(C)=O)C(=O)OCC. The average Bonchev–Trinajstić information content (AvgIpc) is 2.17. The molecule has 15 heavy (non-hydrogen) atoms. The van der Waals surface area contributed by atoms with Gasteiger partial charge in [-0.25, -0.2) is 0 Å². The molecule has 0 bridgehead atoms. The molecule has 0 aliphatic heterocycles. The third kappa shape index (κ3) is 5.52. The minimum atomic E-state index is -0.367. The van der Waals surface area contributed by atoms with Crippen molar-refractivity contribution in [2.75, 3.05) is 6.61 Å². The third-order valence-electron chi connectivity index (χ3n) is 2.21. The molecule has 1 N–H and O–H groups in total. The first-order valence-corrected chi connectivity index (χ1v) is 5.46. The van der Waals surface area contributed by atoms with Gasteiger partial charge in [0.1, 0.15) is 11.8 Å². The van der Waals surface area contributed by atoms with Crippen LogP contribution in [0.2, 0.25) is 0 Å². The number of hydrogen-bond donors (Lipinski definition) is 1. The van der Waals surface area contributed by atoms with Gasteiger partial charge in [0.15, 0.2) is 0 Å². The number of ether oxygens (including phenoxy) is 1. The van der Waals surface area contributed by atoms with Crippen molar-refractivity contribution in [1.82, 2.24) is 5.32 Å². The van der Waals surface area contributed by atoms with Crippen LogP contribution in [0.25, 0.3) is 0 Å². The number of nitrogens with one attached hydrogen (secondary N) is 1. The smallest absolute Gasteiger partial charge is 0.323 e. The van der Waals surface area contributed by atoms with Crippen LogP contribution in [0.3, 0.4) is 0 Å². The fourth-order valence-electron chi connectivity index (χ4n) is 1.22. The van der Waals surface area contributed by atoms with Crippen LogP contribution < -0.4 is 5.32 Å². The Bertz CT molecular complexity index is 216. The molecule has 88 valence electrons. The monoisotopic (exact) mass is 215 g/mol. The van der Waals surface area contributed by atoms with Gasteiger partial charge in [-0.15, -0.1) is 0 Å². The lowest BCUT2D eigenvalue weighted by Crippen LogP contribution is -2.45. The summed E-state index contributed by atoms with van der Waals surface area (Å²) in [6.45, 7) is 7.40. The Kier molecular flexibility index (Phi) is 6.96. The van der Waals surface area contributed by atoms with E-state index in [4.69, 9.17) is 4.74 Å².